The van der Waals surface area contributed by atoms with Crippen molar-refractivity contribution in [3.63, 3.8) is 0 Å². The van der Waals surface area contributed by atoms with E-state index in [0.717, 1.165) is 5.39 Å². The van der Waals surface area contributed by atoms with Gasteiger partial charge in [0.25, 0.3) is 5.91 Å². The first-order valence-electron chi connectivity index (χ1n) is 6.37. The highest BCUT2D eigenvalue weighted by Gasteiger charge is 2.19. The predicted molar refractivity (Wildman–Crippen MR) is 75.3 cm³/mol. The molecule has 5 nitrogen and oxygen atoms in total. The fraction of sp³-hybridized carbons (Fsp3) is 0.267. The Morgan fingerprint density at radius 1 is 1.25 bits per heavy atom. The summed E-state index contributed by atoms with van der Waals surface area (Å²) in [6.45, 7) is 2.19. The zero-order chi connectivity index (χ0) is 14.5. The van der Waals surface area contributed by atoms with Gasteiger partial charge in [0.15, 0.2) is 0 Å². The Balaban J connectivity index is 2.37. The van der Waals surface area contributed by atoms with E-state index < -0.39 is 5.97 Å². The van der Waals surface area contributed by atoms with Crippen LogP contribution in [0.25, 0.3) is 10.9 Å². The molecule has 2 rings (SSSR count). The van der Waals surface area contributed by atoms with Crippen molar-refractivity contribution in [1.82, 2.24) is 9.88 Å². The number of ether oxygens (including phenoxy) is 1. The normalized spacial score (nSPS) is 10.3. The number of esters is 1. The average Bonchev–Trinajstić information content (AvgIpc) is 2.51. The summed E-state index contributed by atoms with van der Waals surface area (Å²) in [5.41, 5.74) is 1.14. The summed E-state index contributed by atoms with van der Waals surface area (Å²) in [7, 11) is 1.31. The molecule has 0 aliphatic heterocycles. The lowest BCUT2D eigenvalue weighted by atomic mass is 10.1. The van der Waals surface area contributed by atoms with Crippen LogP contribution < -0.4 is 0 Å². The first kappa shape index (κ1) is 14.0. The van der Waals surface area contributed by atoms with Crippen LogP contribution in [0.5, 0.6) is 0 Å². The fourth-order valence-corrected chi connectivity index (χ4v) is 1.99. The third-order valence-electron chi connectivity index (χ3n) is 3.08. The highest BCUT2D eigenvalue weighted by Crippen LogP contribution is 2.17. The fourth-order valence-electron chi connectivity index (χ4n) is 1.99. The van der Waals surface area contributed by atoms with Gasteiger partial charge in [-0.15, -0.1) is 0 Å². The van der Waals surface area contributed by atoms with Crippen LogP contribution >= 0.6 is 0 Å². The molecule has 1 aromatic carbocycles. The minimum Gasteiger partial charge on any atom is -0.468 e. The number of carbonyl (C=O) groups excluding carboxylic acids is 2. The Labute approximate surface area is 117 Å². The van der Waals surface area contributed by atoms with Crippen LogP contribution in [0.2, 0.25) is 0 Å². The zero-order valence-corrected chi connectivity index (χ0v) is 11.5. The van der Waals surface area contributed by atoms with Crippen LogP contribution in [0.3, 0.4) is 0 Å². The van der Waals surface area contributed by atoms with Crippen molar-refractivity contribution < 1.29 is 14.3 Å². The maximum atomic E-state index is 12.5. The molecule has 1 aromatic heterocycles. The Kier molecular flexibility index (Phi) is 4.30. The van der Waals surface area contributed by atoms with Crippen LogP contribution in [-0.4, -0.2) is 42.0 Å². The number of nitrogens with zero attached hydrogens (tertiary/aromatic N) is 2. The van der Waals surface area contributed by atoms with Gasteiger partial charge in [-0.1, -0.05) is 18.2 Å². The summed E-state index contributed by atoms with van der Waals surface area (Å²) in [5.74, 6) is -0.657. The van der Waals surface area contributed by atoms with E-state index in [1.54, 1.807) is 12.3 Å². The topological polar surface area (TPSA) is 59.5 Å². The summed E-state index contributed by atoms with van der Waals surface area (Å²) < 4.78 is 4.61. The number of hydrogen-bond acceptors (Lipinski definition) is 4. The molecule has 104 valence electrons. The van der Waals surface area contributed by atoms with Crippen molar-refractivity contribution in [2.75, 3.05) is 20.2 Å². The van der Waals surface area contributed by atoms with Gasteiger partial charge in [-0.3, -0.25) is 14.6 Å². The molecule has 0 spiro atoms. The van der Waals surface area contributed by atoms with Crippen molar-refractivity contribution in [2.24, 2.45) is 0 Å². The summed E-state index contributed by atoms with van der Waals surface area (Å²) in [5, 5.41) is 0.896. The second kappa shape index (κ2) is 6.14. The lowest BCUT2D eigenvalue weighted by Gasteiger charge is -2.20. The summed E-state index contributed by atoms with van der Waals surface area (Å²) in [4.78, 5) is 29.6. The van der Waals surface area contributed by atoms with Gasteiger partial charge in [-0.25, -0.2) is 0 Å². The molecule has 0 saturated heterocycles. The molecule has 0 atom stereocenters. The van der Waals surface area contributed by atoms with E-state index in [1.165, 1.54) is 12.0 Å². The Hall–Kier alpha value is -2.43. The molecule has 0 aliphatic rings. The van der Waals surface area contributed by atoms with Crippen LogP contribution in [0.1, 0.15) is 17.3 Å². The maximum Gasteiger partial charge on any atom is 0.325 e. The average molecular weight is 272 g/mol. The number of likely N-dealkylation sites (N-methyl/N-ethyl adjacent to an activating group) is 1. The van der Waals surface area contributed by atoms with Gasteiger partial charge in [0.05, 0.1) is 18.2 Å². The molecular weight excluding hydrogens is 256 g/mol. The highest BCUT2D eigenvalue weighted by atomic mass is 16.5. The minimum absolute atomic E-state index is 0.0605. The summed E-state index contributed by atoms with van der Waals surface area (Å²) >= 11 is 0. The van der Waals surface area contributed by atoms with Gasteiger partial charge in [-0.2, -0.15) is 0 Å². The van der Waals surface area contributed by atoms with E-state index in [9.17, 15) is 9.59 Å². The van der Waals surface area contributed by atoms with Crippen molar-refractivity contribution in [2.45, 2.75) is 6.92 Å². The summed E-state index contributed by atoms with van der Waals surface area (Å²) in [6, 6.07) is 9.15. The Morgan fingerprint density at radius 3 is 2.70 bits per heavy atom. The lowest BCUT2D eigenvalue weighted by Crippen LogP contribution is -2.36. The van der Waals surface area contributed by atoms with Crippen molar-refractivity contribution in [3.05, 3.63) is 42.1 Å². The highest BCUT2D eigenvalue weighted by molar-refractivity contribution is 6.06. The van der Waals surface area contributed by atoms with Gasteiger partial charge in [0.1, 0.15) is 6.54 Å². The monoisotopic (exact) mass is 272 g/mol. The molecule has 0 unspecified atom stereocenters. The number of benzene rings is 1. The predicted octanol–water partition coefficient (Wildman–Crippen LogP) is 1.87. The van der Waals surface area contributed by atoms with Crippen molar-refractivity contribution in [3.8, 4) is 0 Å². The first-order chi connectivity index (χ1) is 9.67. The van der Waals surface area contributed by atoms with Crippen LogP contribution in [-0.2, 0) is 9.53 Å². The van der Waals surface area contributed by atoms with Gasteiger partial charge in [0, 0.05) is 18.1 Å². The van der Waals surface area contributed by atoms with E-state index in [1.807, 2.05) is 31.2 Å². The molecule has 5 heteroatoms. The van der Waals surface area contributed by atoms with E-state index in [-0.39, 0.29) is 12.5 Å². The molecule has 1 amide bonds. The number of carbonyl (C=O) groups is 2. The molecular formula is C15H16N2O3. The first-order valence-corrected chi connectivity index (χ1v) is 6.37. The van der Waals surface area contributed by atoms with Crippen molar-refractivity contribution >= 4 is 22.8 Å². The number of methoxy groups -OCH3 is 1. The number of rotatable bonds is 4. The largest absolute Gasteiger partial charge is 0.468 e. The second-order valence-corrected chi connectivity index (χ2v) is 4.28. The minimum atomic E-state index is -0.437. The number of pyridine rings is 1. The maximum absolute atomic E-state index is 12.5. The zero-order valence-electron chi connectivity index (χ0n) is 11.5. The number of aromatic nitrogens is 1. The molecule has 0 radical (unpaired) electrons. The van der Waals surface area contributed by atoms with Crippen molar-refractivity contribution in [1.29, 1.82) is 0 Å². The Morgan fingerprint density at radius 2 is 2.00 bits per heavy atom. The Bertz CT molecular complexity index is 635. The van der Waals surface area contributed by atoms with Crippen LogP contribution in [0, 0.1) is 0 Å². The van der Waals surface area contributed by atoms with Crippen LogP contribution in [0.15, 0.2) is 36.5 Å². The van der Waals surface area contributed by atoms with E-state index in [2.05, 4.69) is 9.72 Å². The van der Waals surface area contributed by atoms with E-state index in [4.69, 9.17) is 0 Å². The van der Waals surface area contributed by atoms with Crippen LogP contribution in [0.4, 0.5) is 0 Å². The standard InChI is InChI=1S/C15H16N2O3/c1-3-17(10-13(18)20-2)15(19)12-8-4-6-11-7-5-9-16-14(11)12/h4-9H,3,10H2,1-2H3. The molecule has 1 heterocycles. The smallest absolute Gasteiger partial charge is 0.325 e. The van der Waals surface area contributed by atoms with Gasteiger partial charge < -0.3 is 9.64 Å². The third-order valence-corrected chi connectivity index (χ3v) is 3.08. The van der Waals surface area contributed by atoms with Gasteiger partial charge in [0.2, 0.25) is 0 Å². The van der Waals surface area contributed by atoms with Gasteiger partial charge >= 0.3 is 5.97 Å². The molecule has 0 bridgehead atoms. The molecule has 0 saturated carbocycles. The SMILES string of the molecule is CCN(CC(=O)OC)C(=O)c1cccc2cccnc12. The molecule has 2 aromatic rings. The molecule has 0 fully saturated rings. The van der Waals surface area contributed by atoms with E-state index in [0.29, 0.717) is 17.6 Å². The third kappa shape index (κ3) is 2.77. The number of hydrogen-bond donors (Lipinski definition) is 0. The van der Waals surface area contributed by atoms with E-state index >= 15 is 0 Å². The number of amides is 1. The molecule has 20 heavy (non-hydrogen) atoms. The number of para-hydroxylation sites is 1. The second-order valence-electron chi connectivity index (χ2n) is 4.28. The molecule has 0 N–H and O–H groups in total. The van der Waals surface area contributed by atoms with Gasteiger partial charge in [-0.05, 0) is 19.1 Å². The quantitative estimate of drug-likeness (QED) is 0.797. The lowest BCUT2D eigenvalue weighted by molar-refractivity contribution is -0.141. The number of fused-ring (bicyclic) bond motifs is 1. The summed E-state index contributed by atoms with van der Waals surface area (Å²) in [6.07, 6.45) is 1.65. The molecule has 0 aliphatic carbocycles.